The SMILES string of the molecule is CCS(=O)(=O)C1CSCCN1c1cnccc1/C(N)=N/O. The molecule has 1 fully saturated rings. The van der Waals surface area contributed by atoms with E-state index in [-0.39, 0.29) is 11.6 Å². The van der Waals surface area contributed by atoms with Crippen molar-refractivity contribution in [1.29, 1.82) is 0 Å². The van der Waals surface area contributed by atoms with Crippen molar-refractivity contribution in [3.8, 4) is 0 Å². The Morgan fingerprint density at radius 3 is 3.10 bits per heavy atom. The fraction of sp³-hybridized carbons (Fsp3) is 0.500. The summed E-state index contributed by atoms with van der Waals surface area (Å²) in [5, 5.41) is 11.3. The van der Waals surface area contributed by atoms with E-state index in [0.717, 1.165) is 5.75 Å². The Bertz CT molecular complexity index is 633. The molecule has 1 aliphatic rings. The van der Waals surface area contributed by atoms with Gasteiger partial charge in [0.1, 0.15) is 5.37 Å². The molecule has 0 bridgehead atoms. The number of aromatic nitrogens is 1. The zero-order valence-electron chi connectivity index (χ0n) is 11.6. The first-order chi connectivity index (χ1) is 10.0. The molecule has 1 aliphatic heterocycles. The van der Waals surface area contributed by atoms with Crippen molar-refractivity contribution in [1.82, 2.24) is 4.98 Å². The summed E-state index contributed by atoms with van der Waals surface area (Å²) >= 11 is 1.61. The first kappa shape index (κ1) is 15.9. The molecule has 0 spiro atoms. The molecule has 2 rings (SSSR count). The zero-order chi connectivity index (χ0) is 15.5. The predicted molar refractivity (Wildman–Crippen MR) is 84.7 cm³/mol. The smallest absolute Gasteiger partial charge is 0.172 e. The molecule has 21 heavy (non-hydrogen) atoms. The van der Waals surface area contributed by atoms with Gasteiger partial charge in [0.25, 0.3) is 0 Å². The predicted octanol–water partition coefficient (Wildman–Crippen LogP) is 0.490. The minimum absolute atomic E-state index is 0.0572. The van der Waals surface area contributed by atoms with Crippen LogP contribution in [0.5, 0.6) is 0 Å². The lowest BCUT2D eigenvalue weighted by Crippen LogP contribution is -2.48. The minimum atomic E-state index is -3.23. The number of amidine groups is 1. The average molecular weight is 330 g/mol. The summed E-state index contributed by atoms with van der Waals surface area (Å²) in [6, 6.07) is 1.61. The first-order valence-corrected chi connectivity index (χ1v) is 9.36. The Morgan fingerprint density at radius 2 is 2.43 bits per heavy atom. The normalized spacial score (nSPS) is 20.5. The molecule has 0 amide bonds. The van der Waals surface area contributed by atoms with E-state index in [2.05, 4.69) is 10.1 Å². The molecule has 1 aromatic rings. The van der Waals surface area contributed by atoms with Crippen molar-refractivity contribution >= 4 is 33.1 Å². The summed E-state index contributed by atoms with van der Waals surface area (Å²) in [7, 11) is -3.23. The van der Waals surface area contributed by atoms with Gasteiger partial charge >= 0.3 is 0 Å². The summed E-state index contributed by atoms with van der Waals surface area (Å²) in [6.07, 6.45) is 3.08. The summed E-state index contributed by atoms with van der Waals surface area (Å²) < 4.78 is 24.6. The summed E-state index contributed by atoms with van der Waals surface area (Å²) in [5.41, 5.74) is 6.74. The van der Waals surface area contributed by atoms with E-state index in [9.17, 15) is 8.42 Å². The molecule has 0 radical (unpaired) electrons. The van der Waals surface area contributed by atoms with E-state index >= 15 is 0 Å². The largest absolute Gasteiger partial charge is 0.409 e. The van der Waals surface area contributed by atoms with E-state index in [4.69, 9.17) is 10.9 Å². The van der Waals surface area contributed by atoms with Crippen molar-refractivity contribution in [2.24, 2.45) is 10.9 Å². The molecular formula is C12H18N4O3S2. The van der Waals surface area contributed by atoms with Crippen molar-refractivity contribution in [2.75, 3.05) is 28.7 Å². The quantitative estimate of drug-likeness (QED) is 0.358. The van der Waals surface area contributed by atoms with Gasteiger partial charge in [0, 0.05) is 35.6 Å². The highest BCUT2D eigenvalue weighted by atomic mass is 32.2. The van der Waals surface area contributed by atoms with Crippen LogP contribution < -0.4 is 10.6 Å². The van der Waals surface area contributed by atoms with E-state index < -0.39 is 15.2 Å². The van der Waals surface area contributed by atoms with Crippen LogP contribution in [0.4, 0.5) is 5.69 Å². The van der Waals surface area contributed by atoms with Crippen LogP contribution in [0.25, 0.3) is 0 Å². The Hall–Kier alpha value is -1.48. The maximum atomic E-state index is 12.3. The van der Waals surface area contributed by atoms with Crippen LogP contribution in [0.3, 0.4) is 0 Å². The lowest BCUT2D eigenvalue weighted by molar-refractivity contribution is 0.318. The number of hydrogen-bond donors (Lipinski definition) is 2. The maximum absolute atomic E-state index is 12.3. The van der Waals surface area contributed by atoms with Crippen LogP contribution in [0.1, 0.15) is 12.5 Å². The van der Waals surface area contributed by atoms with Gasteiger partial charge in [-0.05, 0) is 6.07 Å². The Balaban J connectivity index is 2.48. The fourth-order valence-electron chi connectivity index (χ4n) is 2.23. The monoisotopic (exact) mass is 330 g/mol. The second kappa shape index (κ2) is 6.52. The van der Waals surface area contributed by atoms with Gasteiger partial charge < -0.3 is 15.8 Å². The van der Waals surface area contributed by atoms with E-state index in [1.54, 1.807) is 35.8 Å². The Labute approximate surface area is 128 Å². The van der Waals surface area contributed by atoms with Crippen molar-refractivity contribution in [2.45, 2.75) is 12.3 Å². The fourth-order valence-corrected chi connectivity index (χ4v) is 5.22. The number of thioether (sulfide) groups is 1. The molecule has 3 N–H and O–H groups in total. The van der Waals surface area contributed by atoms with Gasteiger partial charge in [-0.3, -0.25) is 4.98 Å². The highest BCUT2D eigenvalue weighted by molar-refractivity contribution is 8.01. The maximum Gasteiger partial charge on any atom is 0.172 e. The number of rotatable bonds is 4. The number of sulfone groups is 1. The van der Waals surface area contributed by atoms with Crippen LogP contribution in [0, 0.1) is 0 Å². The van der Waals surface area contributed by atoms with Gasteiger partial charge in [-0.1, -0.05) is 12.1 Å². The van der Waals surface area contributed by atoms with Gasteiger partial charge in [0.2, 0.25) is 0 Å². The lowest BCUT2D eigenvalue weighted by atomic mass is 10.2. The molecular weight excluding hydrogens is 312 g/mol. The highest BCUT2D eigenvalue weighted by Crippen LogP contribution is 2.29. The molecule has 116 valence electrons. The number of hydrogen-bond acceptors (Lipinski definition) is 7. The molecule has 1 aromatic heterocycles. The van der Waals surface area contributed by atoms with Crippen LogP contribution in [0.2, 0.25) is 0 Å². The van der Waals surface area contributed by atoms with E-state index in [1.807, 2.05) is 0 Å². The Kier molecular flexibility index (Phi) is 4.94. The van der Waals surface area contributed by atoms with Crippen LogP contribution in [0.15, 0.2) is 23.6 Å². The van der Waals surface area contributed by atoms with Crippen LogP contribution >= 0.6 is 11.8 Å². The van der Waals surface area contributed by atoms with Crippen LogP contribution in [-0.4, -0.2) is 53.6 Å². The second-order valence-corrected chi connectivity index (χ2v) is 8.15. The number of pyridine rings is 1. The molecule has 1 unspecified atom stereocenters. The summed E-state index contributed by atoms with van der Waals surface area (Å²) in [6.45, 7) is 2.21. The first-order valence-electron chi connectivity index (χ1n) is 6.49. The van der Waals surface area contributed by atoms with E-state index in [0.29, 0.717) is 23.5 Å². The topological polar surface area (TPSA) is 109 Å². The van der Waals surface area contributed by atoms with Crippen molar-refractivity contribution < 1.29 is 13.6 Å². The average Bonchev–Trinajstić information content (AvgIpc) is 2.54. The third kappa shape index (κ3) is 3.24. The molecule has 1 atom stereocenters. The molecule has 2 heterocycles. The third-order valence-corrected chi connectivity index (χ3v) is 6.68. The van der Waals surface area contributed by atoms with E-state index in [1.165, 1.54) is 6.20 Å². The minimum Gasteiger partial charge on any atom is -0.409 e. The van der Waals surface area contributed by atoms with Crippen LogP contribution in [-0.2, 0) is 9.84 Å². The van der Waals surface area contributed by atoms with Gasteiger partial charge in [-0.25, -0.2) is 8.42 Å². The van der Waals surface area contributed by atoms with Gasteiger partial charge in [0.05, 0.1) is 11.9 Å². The molecule has 1 saturated heterocycles. The summed E-state index contributed by atoms with van der Waals surface area (Å²) in [4.78, 5) is 5.83. The Morgan fingerprint density at radius 1 is 1.67 bits per heavy atom. The lowest BCUT2D eigenvalue weighted by Gasteiger charge is -2.37. The third-order valence-electron chi connectivity index (χ3n) is 3.39. The molecule has 0 saturated carbocycles. The second-order valence-electron chi connectivity index (χ2n) is 4.55. The number of nitrogens with zero attached hydrogens (tertiary/aromatic N) is 3. The van der Waals surface area contributed by atoms with Crippen molar-refractivity contribution in [3.63, 3.8) is 0 Å². The zero-order valence-corrected chi connectivity index (χ0v) is 13.3. The van der Waals surface area contributed by atoms with Gasteiger partial charge in [-0.15, -0.1) is 0 Å². The summed E-state index contributed by atoms with van der Waals surface area (Å²) in [5.74, 6) is 1.34. The number of oxime groups is 1. The standard InChI is InChI=1S/C12H18N4O3S2/c1-2-21(18,19)11-8-20-6-5-16(11)10-7-14-4-3-9(10)12(13)15-17/h3-4,7,11,17H,2,5-6,8H2,1H3,(H2,13,15). The van der Waals surface area contributed by atoms with Crippen molar-refractivity contribution in [3.05, 3.63) is 24.0 Å². The molecule has 7 nitrogen and oxygen atoms in total. The number of anilines is 1. The molecule has 9 heteroatoms. The van der Waals surface area contributed by atoms with Gasteiger partial charge in [-0.2, -0.15) is 11.8 Å². The number of nitrogens with two attached hydrogens (primary N) is 1. The highest BCUT2D eigenvalue weighted by Gasteiger charge is 2.34. The molecule has 0 aromatic carbocycles. The van der Waals surface area contributed by atoms with Gasteiger partial charge in [0.15, 0.2) is 15.7 Å². The molecule has 0 aliphatic carbocycles.